The molecule has 1 amide bonds. The third-order valence-corrected chi connectivity index (χ3v) is 9.00. The van der Waals surface area contributed by atoms with E-state index in [1.165, 1.54) is 28.6 Å². The van der Waals surface area contributed by atoms with E-state index in [4.69, 9.17) is 16.6 Å². The Morgan fingerprint density at radius 1 is 1.08 bits per heavy atom. The van der Waals surface area contributed by atoms with Crippen LogP contribution < -0.4 is 4.90 Å². The number of amidine groups is 1. The van der Waals surface area contributed by atoms with Crippen molar-refractivity contribution in [3.63, 3.8) is 0 Å². The van der Waals surface area contributed by atoms with Crippen LogP contribution in [0.5, 0.6) is 0 Å². The summed E-state index contributed by atoms with van der Waals surface area (Å²) in [6, 6.07) is 24.5. The quantitative estimate of drug-likeness (QED) is 0.272. The Morgan fingerprint density at radius 3 is 2.46 bits per heavy atom. The summed E-state index contributed by atoms with van der Waals surface area (Å²) in [6.45, 7) is 10.6. The van der Waals surface area contributed by atoms with Gasteiger partial charge in [-0.3, -0.25) is 9.69 Å². The highest BCUT2D eigenvalue weighted by Gasteiger charge is 2.37. The zero-order chi connectivity index (χ0) is 27.6. The molecular formula is C33H36ClN3OS. The first-order valence-corrected chi connectivity index (χ1v) is 15.0. The highest BCUT2D eigenvalue weighted by Crippen LogP contribution is 2.46. The van der Waals surface area contributed by atoms with Gasteiger partial charge in [-0.1, -0.05) is 67.1 Å². The van der Waals surface area contributed by atoms with E-state index in [9.17, 15) is 4.79 Å². The molecule has 3 aromatic rings. The smallest absolute Gasteiger partial charge is 0.266 e. The van der Waals surface area contributed by atoms with Crippen LogP contribution in [0.2, 0.25) is 5.02 Å². The van der Waals surface area contributed by atoms with Gasteiger partial charge < -0.3 is 4.90 Å². The number of carbonyl (C=O) groups excluding carboxylic acids is 1. The monoisotopic (exact) mass is 557 g/mol. The van der Waals surface area contributed by atoms with Gasteiger partial charge >= 0.3 is 0 Å². The molecule has 2 aliphatic heterocycles. The van der Waals surface area contributed by atoms with Crippen LogP contribution in [-0.4, -0.2) is 34.6 Å². The van der Waals surface area contributed by atoms with Gasteiger partial charge in [0.2, 0.25) is 0 Å². The summed E-state index contributed by atoms with van der Waals surface area (Å²) in [5, 5.41) is 1.38. The van der Waals surface area contributed by atoms with Crippen LogP contribution in [0.25, 0.3) is 6.08 Å². The molecule has 4 nitrogen and oxygen atoms in total. The Bertz CT molecular complexity index is 1400. The van der Waals surface area contributed by atoms with E-state index in [-0.39, 0.29) is 11.4 Å². The van der Waals surface area contributed by atoms with Crippen LogP contribution in [0.4, 0.5) is 11.4 Å². The molecule has 39 heavy (non-hydrogen) atoms. The minimum atomic E-state index is -0.0131. The van der Waals surface area contributed by atoms with Gasteiger partial charge in [-0.2, -0.15) is 0 Å². The van der Waals surface area contributed by atoms with Crippen LogP contribution in [0.15, 0.2) is 82.7 Å². The average molecular weight is 558 g/mol. The molecule has 1 saturated heterocycles. The molecule has 6 heteroatoms. The minimum absolute atomic E-state index is 0.0131. The molecule has 1 atom stereocenters. The lowest BCUT2D eigenvalue weighted by Gasteiger charge is -2.47. The maximum Gasteiger partial charge on any atom is 0.266 e. The molecule has 0 saturated carbocycles. The number of fused-ring (bicyclic) bond motifs is 1. The maximum absolute atomic E-state index is 13.7. The first kappa shape index (κ1) is 27.5. The molecule has 0 N–H and O–H groups in total. The minimum Gasteiger partial charge on any atom is -0.366 e. The fraction of sp³-hybridized carbons (Fsp3) is 0.333. The van der Waals surface area contributed by atoms with Gasteiger partial charge in [-0.25, -0.2) is 4.99 Å². The van der Waals surface area contributed by atoms with E-state index in [1.807, 2.05) is 47.4 Å². The van der Waals surface area contributed by atoms with Gasteiger partial charge in [0.25, 0.3) is 5.91 Å². The lowest BCUT2D eigenvalue weighted by Crippen LogP contribution is -2.48. The first-order valence-electron chi connectivity index (χ1n) is 13.8. The van der Waals surface area contributed by atoms with E-state index in [1.54, 1.807) is 0 Å². The molecule has 2 aliphatic rings. The number of halogens is 1. The molecule has 1 unspecified atom stereocenters. The van der Waals surface area contributed by atoms with E-state index in [0.29, 0.717) is 27.6 Å². The van der Waals surface area contributed by atoms with Crippen molar-refractivity contribution in [1.29, 1.82) is 0 Å². The SMILES string of the molecule is CCN1c2cc(Cl)c(/C=C3/SC(=Nc4ccccc4)N(CCCc4ccccc4)C3=O)cc2C(C)CC1(C)C. The average Bonchev–Trinajstić information content (AvgIpc) is 3.19. The molecule has 0 aliphatic carbocycles. The van der Waals surface area contributed by atoms with Crippen molar-refractivity contribution in [2.24, 2.45) is 4.99 Å². The van der Waals surface area contributed by atoms with Crippen molar-refractivity contribution < 1.29 is 4.79 Å². The van der Waals surface area contributed by atoms with Crippen LogP contribution in [0.1, 0.15) is 63.1 Å². The van der Waals surface area contributed by atoms with Gasteiger partial charge in [-0.15, -0.1) is 0 Å². The summed E-state index contributed by atoms with van der Waals surface area (Å²) in [5.41, 5.74) is 5.57. The van der Waals surface area contributed by atoms with E-state index < -0.39 is 0 Å². The fourth-order valence-electron chi connectivity index (χ4n) is 5.86. The molecule has 2 heterocycles. The highest BCUT2D eigenvalue weighted by molar-refractivity contribution is 8.18. The summed E-state index contributed by atoms with van der Waals surface area (Å²) >= 11 is 8.30. The van der Waals surface area contributed by atoms with Crippen LogP contribution in [0.3, 0.4) is 0 Å². The second-order valence-electron chi connectivity index (χ2n) is 11.0. The van der Waals surface area contributed by atoms with E-state index in [0.717, 1.165) is 37.1 Å². The topological polar surface area (TPSA) is 35.9 Å². The fourth-order valence-corrected chi connectivity index (χ4v) is 7.09. The number of aliphatic imine (C=N–C) groups is 1. The van der Waals surface area contributed by atoms with Crippen LogP contribution >= 0.6 is 23.4 Å². The zero-order valence-electron chi connectivity index (χ0n) is 23.2. The van der Waals surface area contributed by atoms with Crippen molar-refractivity contribution in [3.05, 3.63) is 99.4 Å². The molecule has 1 fully saturated rings. The van der Waals surface area contributed by atoms with Gasteiger partial charge in [0.1, 0.15) is 0 Å². The van der Waals surface area contributed by atoms with Gasteiger partial charge in [0.15, 0.2) is 5.17 Å². The standard InChI is InChI=1S/C33H36ClN3OS/c1-5-37-29-21-28(34)25(19-27(29)23(2)22-33(37,3)4)20-30-31(38)36(18-12-15-24-13-8-6-9-14-24)32(39-30)35-26-16-10-7-11-17-26/h6-11,13-14,16-17,19-21,23H,5,12,15,18,22H2,1-4H3/b30-20+,35-32?. The highest BCUT2D eigenvalue weighted by atomic mass is 35.5. The van der Waals surface area contributed by atoms with E-state index in [2.05, 4.69) is 69.0 Å². The molecule has 0 bridgehead atoms. The summed E-state index contributed by atoms with van der Waals surface area (Å²) in [4.78, 5) is 23.5. The normalized spacial score (nSPS) is 20.6. The van der Waals surface area contributed by atoms with Crippen molar-refractivity contribution in [2.75, 3.05) is 18.0 Å². The molecule has 0 radical (unpaired) electrons. The number of anilines is 1. The molecule has 5 rings (SSSR count). The molecule has 0 spiro atoms. The number of nitrogens with zero attached hydrogens (tertiary/aromatic N) is 3. The first-order chi connectivity index (χ1) is 18.8. The Kier molecular flexibility index (Phi) is 8.20. The number of rotatable bonds is 7. The Morgan fingerprint density at radius 2 is 1.77 bits per heavy atom. The number of thioether (sulfide) groups is 1. The lowest BCUT2D eigenvalue weighted by atomic mass is 9.79. The molecule has 3 aromatic carbocycles. The van der Waals surface area contributed by atoms with Crippen LogP contribution in [0, 0.1) is 0 Å². The predicted molar refractivity (Wildman–Crippen MR) is 167 cm³/mol. The summed E-state index contributed by atoms with van der Waals surface area (Å²) in [6.07, 6.45) is 4.79. The maximum atomic E-state index is 13.7. The largest absolute Gasteiger partial charge is 0.366 e. The van der Waals surface area contributed by atoms with Crippen molar-refractivity contribution in [3.8, 4) is 0 Å². The third kappa shape index (κ3) is 5.95. The third-order valence-electron chi connectivity index (χ3n) is 7.67. The van der Waals surface area contributed by atoms with Gasteiger partial charge in [0, 0.05) is 29.3 Å². The van der Waals surface area contributed by atoms with Gasteiger partial charge in [0.05, 0.1) is 10.6 Å². The molecule has 202 valence electrons. The zero-order valence-corrected chi connectivity index (χ0v) is 24.7. The predicted octanol–water partition coefficient (Wildman–Crippen LogP) is 8.69. The summed E-state index contributed by atoms with van der Waals surface area (Å²) in [5.74, 6) is 0.393. The summed E-state index contributed by atoms with van der Waals surface area (Å²) in [7, 11) is 0. The molecule has 0 aromatic heterocycles. The lowest BCUT2D eigenvalue weighted by molar-refractivity contribution is -0.122. The Labute approximate surface area is 241 Å². The Balaban J connectivity index is 1.45. The number of carbonyl (C=O) groups is 1. The van der Waals surface area contributed by atoms with Crippen molar-refractivity contribution >= 4 is 51.9 Å². The molecular weight excluding hydrogens is 522 g/mol. The number of para-hydroxylation sites is 1. The number of benzene rings is 3. The van der Waals surface area contributed by atoms with Crippen LogP contribution in [-0.2, 0) is 11.2 Å². The van der Waals surface area contributed by atoms with E-state index >= 15 is 0 Å². The number of hydrogen-bond donors (Lipinski definition) is 0. The number of hydrogen-bond acceptors (Lipinski definition) is 4. The second-order valence-corrected chi connectivity index (χ2v) is 12.4. The number of aryl methyl sites for hydroxylation is 1. The number of amides is 1. The van der Waals surface area contributed by atoms with Crippen molar-refractivity contribution in [1.82, 2.24) is 4.90 Å². The van der Waals surface area contributed by atoms with Gasteiger partial charge in [-0.05, 0) is 105 Å². The van der Waals surface area contributed by atoms with Crippen molar-refractivity contribution in [2.45, 2.75) is 58.4 Å². The Hall–Kier alpha value is -3.02. The summed E-state index contributed by atoms with van der Waals surface area (Å²) < 4.78 is 0. The second kappa shape index (κ2) is 11.6.